The van der Waals surface area contributed by atoms with E-state index in [4.69, 9.17) is 11.5 Å². The third-order valence-corrected chi connectivity index (χ3v) is 4.02. The van der Waals surface area contributed by atoms with Crippen LogP contribution in [0.4, 0.5) is 0 Å². The molecule has 0 bridgehead atoms. The Labute approximate surface area is 60.5 Å². The van der Waals surface area contributed by atoms with Crippen LogP contribution in [0.25, 0.3) is 0 Å². The maximum Gasteiger partial charge on any atom is 0.151 e. The number of nitrogens with two attached hydrogens (primary N) is 2. The van der Waals surface area contributed by atoms with Crippen LogP contribution >= 0.6 is 0 Å². The fraction of sp³-hybridized carbons (Fsp3) is 1.00. The summed E-state index contributed by atoms with van der Waals surface area (Å²) in [5.41, 5.74) is 10.4. The van der Waals surface area contributed by atoms with Crippen LogP contribution in [0.1, 0.15) is 0 Å². The fourth-order valence-electron chi connectivity index (χ4n) is 1.21. The topological polar surface area (TPSA) is 86.2 Å². The van der Waals surface area contributed by atoms with Gasteiger partial charge in [0.15, 0.2) is 9.84 Å². The second-order valence-corrected chi connectivity index (χ2v) is 5.00. The van der Waals surface area contributed by atoms with Crippen LogP contribution in [0.3, 0.4) is 0 Å². The third kappa shape index (κ3) is 1.16. The van der Waals surface area contributed by atoms with E-state index >= 15 is 0 Å². The van der Waals surface area contributed by atoms with Gasteiger partial charge < -0.3 is 11.5 Å². The fourth-order valence-corrected chi connectivity index (χ4v) is 3.46. The smallest absolute Gasteiger partial charge is 0.151 e. The molecule has 1 aliphatic rings. The van der Waals surface area contributed by atoms with E-state index < -0.39 is 9.84 Å². The standard InChI is InChI=1S/C5H12N2O2S/c6-1-5(2-7)3-10(8,9)4-5/h1-4,6-7H2. The molecule has 10 heavy (non-hydrogen) atoms. The number of rotatable bonds is 2. The highest BCUT2D eigenvalue weighted by atomic mass is 32.2. The summed E-state index contributed by atoms with van der Waals surface area (Å²) in [7, 11) is -2.77. The first kappa shape index (κ1) is 7.97. The maximum atomic E-state index is 10.7. The van der Waals surface area contributed by atoms with Crippen LogP contribution in [0.5, 0.6) is 0 Å². The normalized spacial score (nSPS) is 27.4. The van der Waals surface area contributed by atoms with Crippen molar-refractivity contribution in [2.45, 2.75) is 0 Å². The molecule has 4 N–H and O–H groups in total. The third-order valence-electron chi connectivity index (χ3n) is 1.92. The summed E-state index contributed by atoms with van der Waals surface area (Å²) in [4.78, 5) is 0. The highest BCUT2D eigenvalue weighted by Crippen LogP contribution is 2.30. The van der Waals surface area contributed by atoms with Gasteiger partial charge in [0.25, 0.3) is 0 Å². The van der Waals surface area contributed by atoms with Crippen LogP contribution in [-0.4, -0.2) is 33.0 Å². The molecular weight excluding hydrogens is 152 g/mol. The van der Waals surface area contributed by atoms with Crippen LogP contribution in [0, 0.1) is 5.41 Å². The minimum Gasteiger partial charge on any atom is -0.330 e. The Hall–Kier alpha value is -0.130. The van der Waals surface area contributed by atoms with E-state index in [1.807, 2.05) is 0 Å². The lowest BCUT2D eigenvalue weighted by Gasteiger charge is -2.38. The summed E-state index contributed by atoms with van der Waals surface area (Å²) in [6, 6.07) is 0. The van der Waals surface area contributed by atoms with Gasteiger partial charge in [0.1, 0.15) is 0 Å². The first-order valence-electron chi connectivity index (χ1n) is 3.14. The first-order chi connectivity index (χ1) is 4.54. The van der Waals surface area contributed by atoms with Crippen LogP contribution < -0.4 is 11.5 Å². The number of sulfone groups is 1. The highest BCUT2D eigenvalue weighted by Gasteiger charge is 2.46. The number of hydrogen-bond donors (Lipinski definition) is 2. The van der Waals surface area contributed by atoms with Crippen molar-refractivity contribution < 1.29 is 8.42 Å². The van der Waals surface area contributed by atoms with Gasteiger partial charge in [-0.05, 0) is 0 Å². The average Bonchev–Trinajstić information content (AvgIpc) is 1.82. The van der Waals surface area contributed by atoms with Crippen molar-refractivity contribution in [3.63, 3.8) is 0 Å². The van der Waals surface area contributed by atoms with Crippen molar-refractivity contribution in [1.29, 1.82) is 0 Å². The van der Waals surface area contributed by atoms with Gasteiger partial charge in [0, 0.05) is 18.5 Å². The zero-order valence-corrected chi connectivity index (χ0v) is 6.52. The lowest BCUT2D eigenvalue weighted by atomic mass is 9.93. The number of hydrogen-bond acceptors (Lipinski definition) is 4. The molecule has 0 aromatic carbocycles. The van der Waals surface area contributed by atoms with Crippen molar-refractivity contribution in [2.75, 3.05) is 24.6 Å². The summed E-state index contributed by atoms with van der Waals surface area (Å²) in [5, 5.41) is 0. The monoisotopic (exact) mass is 164 g/mol. The van der Waals surface area contributed by atoms with Crippen LogP contribution in [0.15, 0.2) is 0 Å². The highest BCUT2D eigenvalue weighted by molar-refractivity contribution is 7.92. The molecule has 0 saturated carbocycles. The molecule has 1 heterocycles. The molecule has 0 atom stereocenters. The average molecular weight is 164 g/mol. The van der Waals surface area contributed by atoms with Gasteiger partial charge in [0.2, 0.25) is 0 Å². The van der Waals surface area contributed by atoms with Gasteiger partial charge in [-0.25, -0.2) is 8.42 Å². The Morgan fingerprint density at radius 3 is 1.70 bits per heavy atom. The zero-order chi connectivity index (χ0) is 7.83. The second kappa shape index (κ2) is 2.18. The molecule has 0 aromatic rings. The Morgan fingerprint density at radius 2 is 1.60 bits per heavy atom. The summed E-state index contributed by atoms with van der Waals surface area (Å²) >= 11 is 0. The van der Waals surface area contributed by atoms with Gasteiger partial charge in [-0.3, -0.25) is 0 Å². The molecule has 0 aliphatic carbocycles. The second-order valence-electron chi connectivity index (χ2n) is 2.94. The van der Waals surface area contributed by atoms with Crippen molar-refractivity contribution >= 4 is 9.84 Å². The molecule has 60 valence electrons. The lowest BCUT2D eigenvalue weighted by Crippen LogP contribution is -2.57. The van der Waals surface area contributed by atoms with Crippen molar-refractivity contribution in [3.8, 4) is 0 Å². The van der Waals surface area contributed by atoms with Crippen LogP contribution in [0.2, 0.25) is 0 Å². The molecule has 0 radical (unpaired) electrons. The Kier molecular flexibility index (Phi) is 1.74. The van der Waals surface area contributed by atoms with E-state index in [0.29, 0.717) is 13.1 Å². The SMILES string of the molecule is NCC1(CN)CS(=O)(=O)C1. The molecule has 0 amide bonds. The van der Waals surface area contributed by atoms with E-state index in [9.17, 15) is 8.42 Å². The van der Waals surface area contributed by atoms with Gasteiger partial charge in [-0.15, -0.1) is 0 Å². The summed E-state index contributed by atoms with van der Waals surface area (Å²) < 4.78 is 21.4. The molecule has 1 fully saturated rings. The predicted molar refractivity (Wildman–Crippen MR) is 39.2 cm³/mol. The summed E-state index contributed by atoms with van der Waals surface area (Å²) in [6.07, 6.45) is 0. The quantitative estimate of drug-likeness (QED) is 0.510. The van der Waals surface area contributed by atoms with E-state index in [0.717, 1.165) is 0 Å². The minimum absolute atomic E-state index is 0.174. The van der Waals surface area contributed by atoms with Crippen molar-refractivity contribution in [3.05, 3.63) is 0 Å². The van der Waals surface area contributed by atoms with E-state index in [1.165, 1.54) is 0 Å². The molecule has 1 saturated heterocycles. The molecule has 0 spiro atoms. The van der Waals surface area contributed by atoms with E-state index in [-0.39, 0.29) is 16.9 Å². The maximum absolute atomic E-state index is 10.7. The Bertz CT molecular complexity index is 204. The Morgan fingerprint density at radius 1 is 1.20 bits per heavy atom. The van der Waals surface area contributed by atoms with Gasteiger partial charge >= 0.3 is 0 Å². The van der Waals surface area contributed by atoms with Crippen molar-refractivity contribution in [1.82, 2.24) is 0 Å². The molecule has 0 unspecified atom stereocenters. The first-order valence-corrected chi connectivity index (χ1v) is 4.96. The predicted octanol–water partition coefficient (Wildman–Crippen LogP) is -1.68. The van der Waals surface area contributed by atoms with Gasteiger partial charge in [-0.2, -0.15) is 0 Å². The zero-order valence-electron chi connectivity index (χ0n) is 5.71. The van der Waals surface area contributed by atoms with E-state index in [2.05, 4.69) is 0 Å². The molecule has 5 heteroatoms. The molecule has 0 aromatic heterocycles. The molecular formula is C5H12N2O2S. The summed E-state index contributed by atoms with van der Waals surface area (Å²) in [6.45, 7) is 0.755. The largest absolute Gasteiger partial charge is 0.330 e. The van der Waals surface area contributed by atoms with Gasteiger partial charge in [0.05, 0.1) is 11.5 Å². The molecule has 1 rings (SSSR count). The summed E-state index contributed by atoms with van der Waals surface area (Å²) in [5.74, 6) is 0.347. The van der Waals surface area contributed by atoms with Gasteiger partial charge in [-0.1, -0.05) is 0 Å². The van der Waals surface area contributed by atoms with Crippen molar-refractivity contribution in [2.24, 2.45) is 16.9 Å². The van der Waals surface area contributed by atoms with E-state index in [1.54, 1.807) is 0 Å². The lowest BCUT2D eigenvalue weighted by molar-refractivity contribution is 0.354. The van der Waals surface area contributed by atoms with Crippen LogP contribution in [-0.2, 0) is 9.84 Å². The molecule has 1 aliphatic heterocycles. The minimum atomic E-state index is -2.77. The Balaban J connectivity index is 2.63. The molecule has 4 nitrogen and oxygen atoms in total.